The number of para-hydroxylation sites is 1. The number of amides is 1. The van der Waals surface area contributed by atoms with E-state index in [1.54, 1.807) is 24.9 Å². The molecule has 0 spiro atoms. The zero-order valence-corrected chi connectivity index (χ0v) is 11.0. The van der Waals surface area contributed by atoms with Crippen LogP contribution in [-0.4, -0.2) is 31.0 Å². The van der Waals surface area contributed by atoms with Crippen LogP contribution in [-0.2, 0) is 0 Å². The van der Waals surface area contributed by atoms with Crippen LogP contribution in [0.1, 0.15) is 17.3 Å². The number of anilines is 1. The topological polar surface area (TPSA) is 41.1 Å². The lowest BCUT2D eigenvalue weighted by atomic mass is 10.1. The highest BCUT2D eigenvalue weighted by atomic mass is 32.2. The van der Waals surface area contributed by atoms with E-state index in [1.165, 1.54) is 12.1 Å². The molecule has 0 bridgehead atoms. The minimum atomic E-state index is -0.418. The maximum Gasteiger partial charge on any atom is 0.253 e. The van der Waals surface area contributed by atoms with Crippen LogP contribution in [0.2, 0.25) is 0 Å². The van der Waals surface area contributed by atoms with Gasteiger partial charge in [-0.15, -0.1) is 0 Å². The number of hydrogen-bond donors (Lipinski definition) is 2. The molecule has 1 unspecified atom stereocenters. The maximum absolute atomic E-state index is 13.4. The Balaban J connectivity index is 2.78. The molecule has 1 aromatic rings. The molecule has 0 aromatic heterocycles. The summed E-state index contributed by atoms with van der Waals surface area (Å²) in [5.41, 5.74) is 0.572. The first kappa shape index (κ1) is 13.8. The molecular formula is C12H17FN2OS. The molecule has 0 aliphatic rings. The summed E-state index contributed by atoms with van der Waals surface area (Å²) in [7, 11) is 1.60. The quantitative estimate of drug-likeness (QED) is 0.849. The third-order valence-electron chi connectivity index (χ3n) is 2.46. The van der Waals surface area contributed by atoms with Crippen LogP contribution in [0.4, 0.5) is 10.1 Å². The minimum Gasteiger partial charge on any atom is -0.385 e. The molecule has 0 fully saturated rings. The van der Waals surface area contributed by atoms with Crippen molar-refractivity contribution in [1.82, 2.24) is 5.32 Å². The number of thioether (sulfide) groups is 1. The van der Waals surface area contributed by atoms with Crippen LogP contribution < -0.4 is 10.6 Å². The van der Waals surface area contributed by atoms with Crippen LogP contribution in [0, 0.1) is 5.82 Å². The zero-order chi connectivity index (χ0) is 12.8. The Kier molecular flexibility index (Phi) is 5.28. The highest BCUT2D eigenvalue weighted by molar-refractivity contribution is 7.99. The van der Waals surface area contributed by atoms with Gasteiger partial charge in [0.1, 0.15) is 5.82 Å². The van der Waals surface area contributed by atoms with Crippen LogP contribution in [0.25, 0.3) is 0 Å². The highest BCUT2D eigenvalue weighted by Gasteiger charge is 2.14. The SMILES string of the molecule is CNc1c(F)cccc1C(=O)NCC(C)SC. The Labute approximate surface area is 105 Å². The lowest BCUT2D eigenvalue weighted by Gasteiger charge is -2.12. The fourth-order valence-electron chi connectivity index (χ4n) is 1.38. The summed E-state index contributed by atoms with van der Waals surface area (Å²) in [6.07, 6.45) is 1.98. The van der Waals surface area contributed by atoms with Gasteiger partial charge in [-0.1, -0.05) is 13.0 Å². The molecule has 0 aliphatic carbocycles. The van der Waals surface area contributed by atoms with Crippen molar-refractivity contribution in [3.8, 4) is 0 Å². The normalized spacial score (nSPS) is 12.0. The van der Waals surface area contributed by atoms with Gasteiger partial charge in [0.25, 0.3) is 5.91 Å². The number of rotatable bonds is 5. The van der Waals surface area contributed by atoms with Crippen molar-refractivity contribution in [1.29, 1.82) is 0 Å². The molecule has 0 saturated carbocycles. The number of nitrogens with one attached hydrogen (secondary N) is 2. The molecule has 0 saturated heterocycles. The first-order valence-electron chi connectivity index (χ1n) is 5.37. The average Bonchev–Trinajstić information content (AvgIpc) is 2.35. The van der Waals surface area contributed by atoms with Crippen molar-refractivity contribution >= 4 is 23.4 Å². The molecule has 1 atom stereocenters. The minimum absolute atomic E-state index is 0.238. The Morgan fingerprint density at radius 3 is 2.82 bits per heavy atom. The standard InChI is InChI=1S/C12H17FN2OS/c1-8(17-3)7-15-12(16)9-5-4-6-10(13)11(9)14-2/h4-6,8,14H,7H2,1-3H3,(H,15,16). The first-order chi connectivity index (χ1) is 8.10. The van der Waals surface area contributed by atoms with Crippen LogP contribution >= 0.6 is 11.8 Å². The third-order valence-corrected chi connectivity index (χ3v) is 3.43. The van der Waals surface area contributed by atoms with Gasteiger partial charge in [-0.25, -0.2) is 4.39 Å². The fraction of sp³-hybridized carbons (Fsp3) is 0.417. The van der Waals surface area contributed by atoms with Crippen molar-refractivity contribution in [3.63, 3.8) is 0 Å². The summed E-state index contributed by atoms with van der Waals surface area (Å²) in [6, 6.07) is 4.46. The van der Waals surface area contributed by atoms with Gasteiger partial charge in [0.2, 0.25) is 0 Å². The molecular weight excluding hydrogens is 239 g/mol. The summed E-state index contributed by atoms with van der Waals surface area (Å²) >= 11 is 1.67. The first-order valence-corrected chi connectivity index (χ1v) is 6.66. The Bertz CT molecular complexity index is 398. The number of carbonyl (C=O) groups excluding carboxylic acids is 1. The molecule has 17 heavy (non-hydrogen) atoms. The molecule has 2 N–H and O–H groups in total. The molecule has 94 valence electrons. The van der Waals surface area contributed by atoms with E-state index in [2.05, 4.69) is 10.6 Å². The van der Waals surface area contributed by atoms with Gasteiger partial charge in [-0.05, 0) is 18.4 Å². The van der Waals surface area contributed by atoms with Crippen molar-refractivity contribution in [2.45, 2.75) is 12.2 Å². The Morgan fingerprint density at radius 2 is 2.24 bits per heavy atom. The summed E-state index contributed by atoms with van der Waals surface area (Å²) in [5.74, 6) is -0.673. The van der Waals surface area contributed by atoms with E-state index in [9.17, 15) is 9.18 Å². The van der Waals surface area contributed by atoms with Gasteiger partial charge in [0.15, 0.2) is 0 Å². The Hall–Kier alpha value is -1.23. The summed E-state index contributed by atoms with van der Waals surface area (Å²) in [6.45, 7) is 2.59. The second-order valence-electron chi connectivity index (χ2n) is 3.67. The number of benzene rings is 1. The summed E-state index contributed by atoms with van der Waals surface area (Å²) in [4.78, 5) is 11.9. The molecule has 3 nitrogen and oxygen atoms in total. The average molecular weight is 256 g/mol. The third kappa shape index (κ3) is 3.63. The van der Waals surface area contributed by atoms with Gasteiger partial charge in [0, 0.05) is 18.8 Å². The monoisotopic (exact) mass is 256 g/mol. The van der Waals surface area contributed by atoms with E-state index >= 15 is 0 Å². The van der Waals surface area contributed by atoms with E-state index < -0.39 is 5.82 Å². The van der Waals surface area contributed by atoms with E-state index in [1.807, 2.05) is 13.2 Å². The molecule has 1 amide bonds. The van der Waals surface area contributed by atoms with Gasteiger partial charge < -0.3 is 10.6 Å². The second kappa shape index (κ2) is 6.49. The predicted molar refractivity (Wildman–Crippen MR) is 71.3 cm³/mol. The lowest BCUT2D eigenvalue weighted by molar-refractivity contribution is 0.0954. The second-order valence-corrected chi connectivity index (χ2v) is 4.94. The van der Waals surface area contributed by atoms with Crippen LogP contribution in [0.3, 0.4) is 0 Å². The number of halogens is 1. The van der Waals surface area contributed by atoms with Crippen molar-refractivity contribution in [2.24, 2.45) is 0 Å². The maximum atomic E-state index is 13.4. The molecule has 0 radical (unpaired) electrons. The van der Waals surface area contributed by atoms with E-state index in [-0.39, 0.29) is 11.6 Å². The molecule has 1 rings (SSSR count). The fourth-order valence-corrected chi connectivity index (χ4v) is 1.63. The predicted octanol–water partition coefficient (Wildman–Crippen LogP) is 2.35. The summed E-state index contributed by atoms with van der Waals surface area (Å²) < 4.78 is 13.4. The number of carbonyl (C=O) groups is 1. The smallest absolute Gasteiger partial charge is 0.253 e. The van der Waals surface area contributed by atoms with Gasteiger partial charge >= 0.3 is 0 Å². The lowest BCUT2D eigenvalue weighted by Crippen LogP contribution is -2.30. The van der Waals surface area contributed by atoms with Gasteiger partial charge in [-0.2, -0.15) is 11.8 Å². The van der Waals surface area contributed by atoms with Crippen molar-refractivity contribution in [3.05, 3.63) is 29.6 Å². The largest absolute Gasteiger partial charge is 0.385 e. The van der Waals surface area contributed by atoms with Crippen molar-refractivity contribution in [2.75, 3.05) is 25.2 Å². The van der Waals surface area contributed by atoms with Crippen LogP contribution in [0.5, 0.6) is 0 Å². The van der Waals surface area contributed by atoms with E-state index in [0.717, 1.165) is 0 Å². The van der Waals surface area contributed by atoms with Gasteiger partial charge in [0.05, 0.1) is 11.3 Å². The molecule has 1 aromatic carbocycles. The van der Waals surface area contributed by atoms with Gasteiger partial charge in [-0.3, -0.25) is 4.79 Å². The zero-order valence-electron chi connectivity index (χ0n) is 10.2. The molecule has 5 heteroatoms. The molecule has 0 heterocycles. The van der Waals surface area contributed by atoms with Crippen LogP contribution in [0.15, 0.2) is 18.2 Å². The molecule has 0 aliphatic heterocycles. The summed E-state index contributed by atoms with van der Waals surface area (Å²) in [5, 5.41) is 5.83. The van der Waals surface area contributed by atoms with E-state index in [4.69, 9.17) is 0 Å². The Morgan fingerprint density at radius 1 is 1.53 bits per heavy atom. The van der Waals surface area contributed by atoms with E-state index in [0.29, 0.717) is 17.4 Å². The van der Waals surface area contributed by atoms with Crippen molar-refractivity contribution < 1.29 is 9.18 Å². The number of hydrogen-bond acceptors (Lipinski definition) is 3. The highest BCUT2D eigenvalue weighted by Crippen LogP contribution is 2.19.